The van der Waals surface area contributed by atoms with Gasteiger partial charge >= 0.3 is 0 Å². The number of imidazole rings is 1. The smallest absolute Gasteiger partial charge is 0.202 e. The quantitative estimate of drug-likeness (QED) is 0.309. The number of hydrogen-bond acceptors (Lipinski definition) is 5. The molecular formula is C17H16ClFN6O. The first-order valence-electron chi connectivity index (χ1n) is 8.14. The third kappa shape index (κ3) is 3.21. The number of fused-ring (bicyclic) bond motifs is 1. The average Bonchev–Trinajstić information content (AvgIpc) is 3.38. The fourth-order valence-electron chi connectivity index (χ4n) is 2.62. The van der Waals surface area contributed by atoms with Gasteiger partial charge in [0.2, 0.25) is 5.95 Å². The van der Waals surface area contributed by atoms with E-state index in [2.05, 4.69) is 20.3 Å². The number of amidine groups is 1. The first-order chi connectivity index (χ1) is 12.5. The second-order valence-corrected chi connectivity index (χ2v) is 6.63. The van der Waals surface area contributed by atoms with Crippen LogP contribution in [0.2, 0.25) is 5.02 Å². The molecule has 2 heterocycles. The Hall–Kier alpha value is -2.71. The van der Waals surface area contributed by atoms with Crippen LogP contribution in [-0.4, -0.2) is 32.5 Å². The van der Waals surface area contributed by atoms with Crippen molar-refractivity contribution in [3.05, 3.63) is 46.9 Å². The number of halogens is 2. The van der Waals surface area contributed by atoms with Crippen molar-refractivity contribution < 1.29 is 9.60 Å². The molecule has 0 spiro atoms. The second kappa shape index (κ2) is 6.54. The molecule has 9 heteroatoms. The first-order valence-corrected chi connectivity index (χ1v) is 8.52. The number of pyridine rings is 1. The summed E-state index contributed by atoms with van der Waals surface area (Å²) in [5.41, 5.74) is 1.56. The van der Waals surface area contributed by atoms with Crippen molar-refractivity contribution in [3.8, 4) is 0 Å². The van der Waals surface area contributed by atoms with Crippen LogP contribution in [0.25, 0.3) is 11.2 Å². The van der Waals surface area contributed by atoms with Gasteiger partial charge in [0.15, 0.2) is 11.5 Å². The number of nitrogens with one attached hydrogen (secondary N) is 3. The number of hydrogen-bond donors (Lipinski definition) is 4. The molecule has 1 aliphatic carbocycles. The highest BCUT2D eigenvalue weighted by Gasteiger charge is 2.22. The maximum atomic E-state index is 13.3. The van der Waals surface area contributed by atoms with Gasteiger partial charge in [-0.05, 0) is 43.0 Å². The van der Waals surface area contributed by atoms with E-state index in [0.29, 0.717) is 33.7 Å². The van der Waals surface area contributed by atoms with Crippen LogP contribution < -0.4 is 10.4 Å². The van der Waals surface area contributed by atoms with E-state index in [1.807, 2.05) is 0 Å². The van der Waals surface area contributed by atoms with Gasteiger partial charge in [-0.2, -0.15) is 4.98 Å². The molecule has 2 aromatic heterocycles. The van der Waals surface area contributed by atoms with Crippen LogP contribution in [0.3, 0.4) is 0 Å². The molecule has 0 aliphatic heterocycles. The van der Waals surface area contributed by atoms with Gasteiger partial charge in [0.1, 0.15) is 5.82 Å². The van der Waals surface area contributed by atoms with Gasteiger partial charge in [-0.3, -0.25) is 10.6 Å². The van der Waals surface area contributed by atoms with Crippen LogP contribution in [0, 0.1) is 17.1 Å². The lowest BCUT2D eigenvalue weighted by Gasteiger charge is -2.18. The lowest BCUT2D eigenvalue weighted by Crippen LogP contribution is -2.27. The van der Waals surface area contributed by atoms with Crippen LogP contribution in [0.4, 0.5) is 16.0 Å². The maximum Gasteiger partial charge on any atom is 0.202 e. The number of anilines is 2. The molecule has 7 nitrogen and oxygen atoms in total. The van der Waals surface area contributed by atoms with Crippen LogP contribution in [0.5, 0.6) is 0 Å². The molecule has 1 fully saturated rings. The van der Waals surface area contributed by atoms with Crippen molar-refractivity contribution in [1.82, 2.24) is 15.0 Å². The molecule has 1 aliphatic rings. The lowest BCUT2D eigenvalue weighted by atomic mass is 10.2. The molecule has 26 heavy (non-hydrogen) atoms. The van der Waals surface area contributed by atoms with Gasteiger partial charge in [-0.15, -0.1) is 0 Å². The Morgan fingerprint density at radius 3 is 2.96 bits per heavy atom. The Labute approximate surface area is 153 Å². The second-order valence-electron chi connectivity index (χ2n) is 6.23. The van der Waals surface area contributed by atoms with Crippen molar-refractivity contribution >= 4 is 40.2 Å². The molecule has 0 amide bonds. The van der Waals surface area contributed by atoms with Gasteiger partial charge in [0.05, 0.1) is 16.2 Å². The largest absolute Gasteiger partial charge is 0.355 e. The number of H-pyrrole nitrogens is 1. The molecular weight excluding hydrogens is 359 g/mol. The minimum Gasteiger partial charge on any atom is -0.355 e. The van der Waals surface area contributed by atoms with Crippen molar-refractivity contribution in [3.63, 3.8) is 0 Å². The summed E-state index contributed by atoms with van der Waals surface area (Å²) in [6, 6.07) is 5.32. The molecule has 1 aromatic carbocycles. The van der Waals surface area contributed by atoms with Crippen LogP contribution in [-0.2, 0) is 0 Å². The SMILES string of the molecule is N=C(c1ccnc2nc(NCC3CC3)[nH]c12)N(O)c1ccc(F)c(Cl)c1. The molecule has 4 N–H and O–H groups in total. The predicted octanol–water partition coefficient (Wildman–Crippen LogP) is 3.79. The van der Waals surface area contributed by atoms with E-state index < -0.39 is 5.82 Å². The third-order valence-corrected chi connectivity index (χ3v) is 4.55. The van der Waals surface area contributed by atoms with E-state index >= 15 is 0 Å². The van der Waals surface area contributed by atoms with Gasteiger partial charge in [0.25, 0.3) is 0 Å². The summed E-state index contributed by atoms with van der Waals surface area (Å²) >= 11 is 5.75. The highest BCUT2D eigenvalue weighted by molar-refractivity contribution is 6.31. The summed E-state index contributed by atoms with van der Waals surface area (Å²) in [5, 5.41) is 22.4. The Kier molecular flexibility index (Phi) is 4.21. The van der Waals surface area contributed by atoms with E-state index in [-0.39, 0.29) is 16.5 Å². The van der Waals surface area contributed by atoms with Crippen molar-refractivity contribution in [2.24, 2.45) is 5.92 Å². The fourth-order valence-corrected chi connectivity index (χ4v) is 2.79. The van der Waals surface area contributed by atoms with Crippen LogP contribution >= 0.6 is 11.6 Å². The van der Waals surface area contributed by atoms with E-state index in [1.165, 1.54) is 31.2 Å². The zero-order valence-electron chi connectivity index (χ0n) is 13.6. The molecule has 1 saturated carbocycles. The Bertz CT molecular complexity index is 987. The monoisotopic (exact) mass is 374 g/mol. The minimum absolute atomic E-state index is 0.137. The number of nitrogens with zero attached hydrogens (tertiary/aromatic N) is 3. The van der Waals surface area contributed by atoms with E-state index in [0.717, 1.165) is 12.6 Å². The Morgan fingerprint density at radius 2 is 2.23 bits per heavy atom. The summed E-state index contributed by atoms with van der Waals surface area (Å²) in [7, 11) is 0. The first kappa shape index (κ1) is 16.7. The maximum absolute atomic E-state index is 13.3. The number of benzene rings is 1. The summed E-state index contributed by atoms with van der Waals surface area (Å²) in [6.07, 6.45) is 3.96. The number of rotatable bonds is 5. The van der Waals surface area contributed by atoms with Crippen molar-refractivity contribution in [1.29, 1.82) is 5.41 Å². The number of aromatic amines is 1. The zero-order valence-corrected chi connectivity index (χ0v) is 14.4. The average molecular weight is 375 g/mol. The van der Waals surface area contributed by atoms with Gasteiger partial charge < -0.3 is 10.3 Å². The number of aromatic nitrogens is 3. The summed E-state index contributed by atoms with van der Waals surface area (Å²) in [4.78, 5) is 11.7. The highest BCUT2D eigenvalue weighted by Crippen LogP contribution is 2.29. The predicted molar refractivity (Wildman–Crippen MR) is 97.6 cm³/mol. The molecule has 134 valence electrons. The summed E-state index contributed by atoms with van der Waals surface area (Å²) < 4.78 is 13.3. The standard InChI is InChI=1S/C17H16ClFN6O/c18-12-7-10(3-4-13(12)19)25(26)15(20)11-5-6-21-16-14(11)23-17(24-16)22-8-9-1-2-9/h3-7,9,20,26H,1-2,8H2,(H2,21,22,23,24). The normalized spacial score (nSPS) is 13.8. The van der Waals surface area contributed by atoms with E-state index in [4.69, 9.17) is 17.0 Å². The minimum atomic E-state index is -0.596. The van der Waals surface area contributed by atoms with E-state index in [9.17, 15) is 9.60 Å². The highest BCUT2D eigenvalue weighted by atomic mass is 35.5. The molecule has 0 atom stereocenters. The topological polar surface area (TPSA) is 101 Å². The molecule has 0 unspecified atom stereocenters. The zero-order chi connectivity index (χ0) is 18.3. The molecule has 4 rings (SSSR count). The summed E-state index contributed by atoms with van der Waals surface area (Å²) in [6.45, 7) is 0.840. The Morgan fingerprint density at radius 1 is 1.42 bits per heavy atom. The lowest BCUT2D eigenvalue weighted by molar-refractivity contribution is 0.312. The third-order valence-electron chi connectivity index (χ3n) is 4.26. The van der Waals surface area contributed by atoms with Gasteiger partial charge in [-0.25, -0.2) is 14.4 Å². The molecule has 3 aromatic rings. The summed E-state index contributed by atoms with van der Waals surface area (Å²) in [5.74, 6) is 0.457. The van der Waals surface area contributed by atoms with Crippen molar-refractivity contribution in [2.45, 2.75) is 12.8 Å². The van der Waals surface area contributed by atoms with Gasteiger partial charge in [0, 0.05) is 18.3 Å². The van der Waals surface area contributed by atoms with Crippen LogP contribution in [0.1, 0.15) is 18.4 Å². The van der Waals surface area contributed by atoms with Crippen molar-refractivity contribution in [2.75, 3.05) is 16.9 Å². The molecule has 0 bridgehead atoms. The molecule has 0 radical (unpaired) electrons. The number of hydroxylamine groups is 1. The van der Waals surface area contributed by atoms with E-state index in [1.54, 1.807) is 6.07 Å². The molecule has 0 saturated heterocycles. The van der Waals surface area contributed by atoms with Gasteiger partial charge in [-0.1, -0.05) is 11.6 Å². The van der Waals surface area contributed by atoms with Crippen LogP contribution in [0.15, 0.2) is 30.5 Å². The fraction of sp³-hybridized carbons (Fsp3) is 0.235. The Balaban J connectivity index is 1.63.